The first kappa shape index (κ1) is 11.9. The number of carbonyl (C=O) groups is 2. The summed E-state index contributed by atoms with van der Waals surface area (Å²) in [5.74, 6) is -0.669. The Kier molecular flexibility index (Phi) is 5.11. The van der Waals surface area contributed by atoms with E-state index in [9.17, 15) is 9.59 Å². The van der Waals surface area contributed by atoms with Gasteiger partial charge in [0.1, 0.15) is 0 Å². The summed E-state index contributed by atoms with van der Waals surface area (Å²) in [6, 6.07) is 0. The predicted molar refractivity (Wildman–Crippen MR) is 49.0 cm³/mol. The second-order valence-electron chi connectivity index (χ2n) is 3.42. The van der Waals surface area contributed by atoms with Crippen molar-refractivity contribution in [2.75, 3.05) is 13.7 Å². The number of carbonyl (C=O) groups excluding carboxylic acids is 2. The van der Waals surface area contributed by atoms with E-state index in [0.717, 1.165) is 0 Å². The average molecular weight is 187 g/mol. The van der Waals surface area contributed by atoms with Crippen molar-refractivity contribution in [2.24, 2.45) is 11.8 Å². The molecule has 0 saturated heterocycles. The number of nitrogens with one attached hydrogen (secondary N) is 1. The Hall–Kier alpha value is -1.06. The molecule has 0 radical (unpaired) electrons. The van der Waals surface area contributed by atoms with Crippen molar-refractivity contribution in [3.63, 3.8) is 0 Å². The fraction of sp³-hybridized carbons (Fsp3) is 0.778. The molecule has 0 aliphatic carbocycles. The van der Waals surface area contributed by atoms with Gasteiger partial charge >= 0.3 is 11.9 Å². The SMILES string of the molecule is COC(=O)C(=O)NCC(C)C(C)C. The Morgan fingerprint density at radius 1 is 1.31 bits per heavy atom. The molecule has 4 nitrogen and oxygen atoms in total. The van der Waals surface area contributed by atoms with Crippen LogP contribution in [0.2, 0.25) is 0 Å². The van der Waals surface area contributed by atoms with E-state index in [4.69, 9.17) is 0 Å². The fourth-order valence-corrected chi connectivity index (χ4v) is 0.654. The molecule has 0 aliphatic heterocycles. The van der Waals surface area contributed by atoms with Gasteiger partial charge in [-0.2, -0.15) is 0 Å². The van der Waals surface area contributed by atoms with Gasteiger partial charge in [-0.25, -0.2) is 4.79 Å². The lowest BCUT2D eigenvalue weighted by Gasteiger charge is -2.15. The van der Waals surface area contributed by atoms with Gasteiger partial charge in [-0.1, -0.05) is 20.8 Å². The standard InChI is InChI=1S/C9H17NO3/c1-6(2)7(3)5-10-8(11)9(12)13-4/h6-7H,5H2,1-4H3,(H,10,11). The highest BCUT2D eigenvalue weighted by Gasteiger charge is 2.15. The molecule has 1 atom stereocenters. The van der Waals surface area contributed by atoms with Crippen molar-refractivity contribution < 1.29 is 14.3 Å². The summed E-state index contributed by atoms with van der Waals surface area (Å²) in [5, 5.41) is 2.50. The highest BCUT2D eigenvalue weighted by atomic mass is 16.5. The normalized spacial score (nSPS) is 12.4. The number of ether oxygens (including phenoxy) is 1. The first-order valence-electron chi connectivity index (χ1n) is 4.35. The van der Waals surface area contributed by atoms with Gasteiger partial charge in [0.25, 0.3) is 0 Å². The van der Waals surface area contributed by atoms with Crippen molar-refractivity contribution in [1.29, 1.82) is 0 Å². The van der Waals surface area contributed by atoms with Crippen LogP contribution >= 0.6 is 0 Å². The van der Waals surface area contributed by atoms with Gasteiger partial charge in [0, 0.05) is 6.54 Å². The maximum Gasteiger partial charge on any atom is 0.396 e. The molecule has 76 valence electrons. The Balaban J connectivity index is 3.76. The number of esters is 1. The molecule has 4 heteroatoms. The molecule has 1 amide bonds. The van der Waals surface area contributed by atoms with Crippen molar-refractivity contribution in [1.82, 2.24) is 5.32 Å². The van der Waals surface area contributed by atoms with Crippen LogP contribution in [0.15, 0.2) is 0 Å². The number of hydrogen-bond acceptors (Lipinski definition) is 3. The highest BCUT2D eigenvalue weighted by Crippen LogP contribution is 2.07. The summed E-state index contributed by atoms with van der Waals surface area (Å²) in [5.41, 5.74) is 0. The summed E-state index contributed by atoms with van der Waals surface area (Å²) in [6.45, 7) is 6.65. The topological polar surface area (TPSA) is 55.4 Å². The molecule has 0 rings (SSSR count). The van der Waals surface area contributed by atoms with Crippen LogP contribution in [0.25, 0.3) is 0 Å². The lowest BCUT2D eigenvalue weighted by Crippen LogP contribution is -2.35. The third-order valence-corrected chi connectivity index (χ3v) is 2.09. The number of hydrogen-bond donors (Lipinski definition) is 1. The maximum absolute atomic E-state index is 10.9. The quantitative estimate of drug-likeness (QED) is 0.519. The Bertz CT molecular complexity index is 189. The molecule has 0 aromatic heterocycles. The van der Waals surface area contributed by atoms with Crippen LogP contribution in [0, 0.1) is 11.8 Å². The first-order valence-corrected chi connectivity index (χ1v) is 4.35. The van der Waals surface area contributed by atoms with Gasteiger partial charge in [0.15, 0.2) is 0 Å². The largest absolute Gasteiger partial charge is 0.462 e. The minimum Gasteiger partial charge on any atom is -0.462 e. The fourth-order valence-electron chi connectivity index (χ4n) is 0.654. The second kappa shape index (κ2) is 5.56. The van der Waals surface area contributed by atoms with E-state index in [1.54, 1.807) is 0 Å². The van der Waals surface area contributed by atoms with Crippen LogP contribution in [-0.2, 0) is 14.3 Å². The van der Waals surface area contributed by atoms with Gasteiger partial charge in [-0.05, 0) is 11.8 Å². The molecule has 0 aromatic rings. The molecular weight excluding hydrogens is 170 g/mol. The molecule has 1 N–H and O–H groups in total. The Morgan fingerprint density at radius 3 is 2.23 bits per heavy atom. The van der Waals surface area contributed by atoms with Crippen molar-refractivity contribution >= 4 is 11.9 Å². The van der Waals surface area contributed by atoms with Crippen molar-refractivity contribution in [3.05, 3.63) is 0 Å². The molecule has 0 bridgehead atoms. The maximum atomic E-state index is 10.9. The van der Waals surface area contributed by atoms with E-state index in [1.165, 1.54) is 7.11 Å². The minimum atomic E-state index is -0.837. The molecule has 0 heterocycles. The third-order valence-electron chi connectivity index (χ3n) is 2.09. The third kappa shape index (κ3) is 4.50. The molecule has 1 unspecified atom stereocenters. The molecular formula is C9H17NO3. The molecule has 0 fully saturated rings. The number of methoxy groups -OCH3 is 1. The summed E-state index contributed by atoms with van der Waals surface area (Å²) < 4.78 is 4.25. The molecule has 13 heavy (non-hydrogen) atoms. The number of amides is 1. The van der Waals surface area contributed by atoms with Crippen LogP contribution in [-0.4, -0.2) is 25.5 Å². The van der Waals surface area contributed by atoms with E-state index in [0.29, 0.717) is 18.4 Å². The number of rotatable bonds is 3. The first-order chi connectivity index (χ1) is 5.99. The van der Waals surface area contributed by atoms with Gasteiger partial charge in [0.05, 0.1) is 7.11 Å². The van der Waals surface area contributed by atoms with Crippen molar-refractivity contribution in [2.45, 2.75) is 20.8 Å². The molecule has 0 aliphatic rings. The van der Waals surface area contributed by atoms with Crippen LogP contribution in [0.5, 0.6) is 0 Å². The van der Waals surface area contributed by atoms with E-state index < -0.39 is 11.9 Å². The summed E-state index contributed by atoms with van der Waals surface area (Å²) in [4.78, 5) is 21.6. The van der Waals surface area contributed by atoms with Gasteiger partial charge in [0.2, 0.25) is 0 Å². The van der Waals surface area contributed by atoms with E-state index >= 15 is 0 Å². The zero-order valence-electron chi connectivity index (χ0n) is 8.59. The van der Waals surface area contributed by atoms with Gasteiger partial charge in [-0.15, -0.1) is 0 Å². The van der Waals surface area contributed by atoms with E-state index in [1.807, 2.05) is 6.92 Å². The van der Waals surface area contributed by atoms with Crippen LogP contribution < -0.4 is 5.32 Å². The monoisotopic (exact) mass is 187 g/mol. The molecule has 0 aromatic carbocycles. The zero-order valence-corrected chi connectivity index (χ0v) is 8.59. The molecule has 0 saturated carbocycles. The highest BCUT2D eigenvalue weighted by molar-refractivity contribution is 6.32. The lowest BCUT2D eigenvalue weighted by atomic mass is 9.98. The van der Waals surface area contributed by atoms with Gasteiger partial charge < -0.3 is 10.1 Å². The zero-order chi connectivity index (χ0) is 10.4. The van der Waals surface area contributed by atoms with Crippen molar-refractivity contribution in [3.8, 4) is 0 Å². The minimum absolute atomic E-state index is 0.355. The van der Waals surface area contributed by atoms with E-state index in [-0.39, 0.29) is 0 Å². The Labute approximate surface area is 78.6 Å². The summed E-state index contributed by atoms with van der Waals surface area (Å²) >= 11 is 0. The average Bonchev–Trinajstić information content (AvgIpc) is 2.11. The second-order valence-corrected chi connectivity index (χ2v) is 3.42. The van der Waals surface area contributed by atoms with Crippen LogP contribution in [0.1, 0.15) is 20.8 Å². The van der Waals surface area contributed by atoms with Gasteiger partial charge in [-0.3, -0.25) is 4.79 Å². The van der Waals surface area contributed by atoms with E-state index in [2.05, 4.69) is 23.9 Å². The lowest BCUT2D eigenvalue weighted by molar-refractivity contribution is -0.152. The summed E-state index contributed by atoms with van der Waals surface area (Å²) in [6.07, 6.45) is 0. The summed E-state index contributed by atoms with van der Waals surface area (Å²) in [7, 11) is 1.19. The Morgan fingerprint density at radius 2 is 1.85 bits per heavy atom. The predicted octanol–water partition coefficient (Wildman–Crippen LogP) is 0.568. The molecule has 0 spiro atoms. The van der Waals surface area contributed by atoms with Crippen LogP contribution in [0.4, 0.5) is 0 Å². The van der Waals surface area contributed by atoms with Crippen LogP contribution in [0.3, 0.4) is 0 Å². The smallest absolute Gasteiger partial charge is 0.396 e.